The standard InChI is InChI=1S/C12H11F3N2S/c1-8-16-6-11(18-8)7-17-10-4-2-9(3-5-10)12(13,14)15/h2-6,17H,7H2,1H3. The summed E-state index contributed by atoms with van der Waals surface area (Å²) >= 11 is 1.56. The van der Waals surface area contributed by atoms with Gasteiger partial charge in [-0.25, -0.2) is 4.98 Å². The number of hydrogen-bond acceptors (Lipinski definition) is 3. The van der Waals surface area contributed by atoms with Crippen LogP contribution in [0.1, 0.15) is 15.4 Å². The van der Waals surface area contributed by atoms with E-state index in [9.17, 15) is 13.2 Å². The first-order valence-corrected chi connectivity index (χ1v) is 6.09. The molecule has 0 amide bonds. The van der Waals surface area contributed by atoms with Crippen molar-refractivity contribution in [2.45, 2.75) is 19.6 Å². The number of halogens is 3. The Balaban J connectivity index is 1.98. The normalized spacial score (nSPS) is 11.6. The molecule has 2 rings (SSSR count). The summed E-state index contributed by atoms with van der Waals surface area (Å²) in [6.45, 7) is 2.48. The third-order valence-electron chi connectivity index (χ3n) is 2.35. The molecule has 18 heavy (non-hydrogen) atoms. The maximum atomic E-state index is 12.3. The summed E-state index contributed by atoms with van der Waals surface area (Å²) in [7, 11) is 0. The van der Waals surface area contributed by atoms with Crippen LogP contribution in [0.25, 0.3) is 0 Å². The Morgan fingerprint density at radius 3 is 2.39 bits per heavy atom. The zero-order chi connectivity index (χ0) is 13.2. The molecule has 2 aromatic rings. The van der Waals surface area contributed by atoms with E-state index in [1.807, 2.05) is 6.92 Å². The molecule has 0 spiro atoms. The van der Waals surface area contributed by atoms with E-state index in [2.05, 4.69) is 10.3 Å². The highest BCUT2D eigenvalue weighted by molar-refractivity contribution is 7.11. The van der Waals surface area contributed by atoms with E-state index in [0.717, 1.165) is 22.0 Å². The van der Waals surface area contributed by atoms with E-state index < -0.39 is 11.7 Å². The Hall–Kier alpha value is -1.56. The smallest absolute Gasteiger partial charge is 0.380 e. The molecule has 96 valence electrons. The Bertz CT molecular complexity index is 517. The molecule has 1 aromatic heterocycles. The zero-order valence-electron chi connectivity index (χ0n) is 9.58. The van der Waals surface area contributed by atoms with E-state index >= 15 is 0 Å². The number of benzene rings is 1. The Labute approximate surface area is 106 Å². The summed E-state index contributed by atoms with van der Waals surface area (Å²) in [5, 5.41) is 4.03. The van der Waals surface area contributed by atoms with Gasteiger partial charge in [0.1, 0.15) is 0 Å². The molecular weight excluding hydrogens is 261 g/mol. The molecule has 6 heteroatoms. The molecule has 0 radical (unpaired) electrons. The topological polar surface area (TPSA) is 24.9 Å². The summed E-state index contributed by atoms with van der Waals surface area (Å²) in [6, 6.07) is 4.99. The molecule has 0 aliphatic carbocycles. The minimum Gasteiger partial charge on any atom is -0.380 e. The van der Waals surface area contributed by atoms with Gasteiger partial charge in [-0.3, -0.25) is 0 Å². The van der Waals surface area contributed by atoms with Crippen molar-refractivity contribution in [3.63, 3.8) is 0 Å². The molecule has 1 N–H and O–H groups in total. The van der Waals surface area contributed by atoms with Gasteiger partial charge in [-0.2, -0.15) is 13.2 Å². The summed E-state index contributed by atoms with van der Waals surface area (Å²) in [6.07, 6.45) is -2.52. The average molecular weight is 272 g/mol. The lowest BCUT2D eigenvalue weighted by molar-refractivity contribution is -0.137. The van der Waals surface area contributed by atoms with Gasteiger partial charge in [-0.05, 0) is 31.2 Å². The zero-order valence-corrected chi connectivity index (χ0v) is 10.4. The first-order valence-electron chi connectivity index (χ1n) is 5.27. The van der Waals surface area contributed by atoms with Gasteiger partial charge >= 0.3 is 6.18 Å². The van der Waals surface area contributed by atoms with Crippen molar-refractivity contribution < 1.29 is 13.2 Å². The maximum Gasteiger partial charge on any atom is 0.416 e. The molecule has 0 fully saturated rings. The van der Waals surface area contributed by atoms with Crippen LogP contribution in [0.3, 0.4) is 0 Å². The van der Waals surface area contributed by atoms with E-state index in [1.54, 1.807) is 17.5 Å². The molecule has 1 aromatic carbocycles. The van der Waals surface area contributed by atoms with Gasteiger partial charge in [0.25, 0.3) is 0 Å². The quantitative estimate of drug-likeness (QED) is 0.910. The molecule has 0 saturated carbocycles. The summed E-state index contributed by atoms with van der Waals surface area (Å²) in [4.78, 5) is 5.15. The third-order valence-corrected chi connectivity index (χ3v) is 3.26. The van der Waals surface area contributed by atoms with Gasteiger partial charge in [0.15, 0.2) is 0 Å². The summed E-state index contributed by atoms with van der Waals surface area (Å²) in [5.74, 6) is 0. The van der Waals surface area contributed by atoms with Crippen LogP contribution in [0.2, 0.25) is 0 Å². The van der Waals surface area contributed by atoms with Crippen LogP contribution in [0.4, 0.5) is 18.9 Å². The number of alkyl halides is 3. The monoisotopic (exact) mass is 272 g/mol. The first kappa shape index (κ1) is 12.9. The van der Waals surface area contributed by atoms with Gasteiger partial charge in [0, 0.05) is 16.8 Å². The number of aromatic nitrogens is 1. The fraction of sp³-hybridized carbons (Fsp3) is 0.250. The van der Waals surface area contributed by atoms with Crippen molar-refractivity contribution in [3.05, 3.63) is 45.9 Å². The minimum absolute atomic E-state index is 0.566. The van der Waals surface area contributed by atoms with E-state index in [1.165, 1.54) is 12.1 Å². The highest BCUT2D eigenvalue weighted by atomic mass is 32.1. The van der Waals surface area contributed by atoms with Gasteiger partial charge in [-0.1, -0.05) is 0 Å². The Morgan fingerprint density at radius 2 is 1.89 bits per heavy atom. The number of hydrogen-bond donors (Lipinski definition) is 1. The largest absolute Gasteiger partial charge is 0.416 e. The van der Waals surface area contributed by atoms with E-state index in [-0.39, 0.29) is 0 Å². The van der Waals surface area contributed by atoms with Gasteiger partial charge in [0.05, 0.1) is 17.1 Å². The van der Waals surface area contributed by atoms with Crippen molar-refractivity contribution in [2.75, 3.05) is 5.32 Å². The molecule has 1 heterocycles. The average Bonchev–Trinajstić information content (AvgIpc) is 2.72. The molecule has 0 aliphatic rings. The second-order valence-corrected chi connectivity index (χ2v) is 5.09. The predicted molar refractivity (Wildman–Crippen MR) is 65.6 cm³/mol. The summed E-state index contributed by atoms with van der Waals surface area (Å²) < 4.78 is 37.0. The fourth-order valence-electron chi connectivity index (χ4n) is 1.45. The number of thiazole rings is 1. The predicted octanol–water partition coefficient (Wildman–Crippen LogP) is 4.08. The lowest BCUT2D eigenvalue weighted by Gasteiger charge is -2.08. The Morgan fingerprint density at radius 1 is 1.22 bits per heavy atom. The van der Waals surface area contributed by atoms with Crippen LogP contribution in [0.15, 0.2) is 30.5 Å². The van der Waals surface area contributed by atoms with Crippen molar-refractivity contribution >= 4 is 17.0 Å². The maximum absolute atomic E-state index is 12.3. The van der Waals surface area contributed by atoms with Gasteiger partial charge in [0.2, 0.25) is 0 Å². The minimum atomic E-state index is -4.28. The van der Waals surface area contributed by atoms with Gasteiger partial charge in [-0.15, -0.1) is 11.3 Å². The van der Waals surface area contributed by atoms with E-state index in [0.29, 0.717) is 12.2 Å². The number of aryl methyl sites for hydroxylation is 1. The number of anilines is 1. The number of rotatable bonds is 3. The van der Waals surface area contributed by atoms with Crippen LogP contribution >= 0.6 is 11.3 Å². The summed E-state index contributed by atoms with van der Waals surface area (Å²) in [5.41, 5.74) is 0.0238. The van der Waals surface area contributed by atoms with Crippen molar-refractivity contribution in [1.82, 2.24) is 4.98 Å². The van der Waals surface area contributed by atoms with Crippen LogP contribution in [-0.4, -0.2) is 4.98 Å². The lowest BCUT2D eigenvalue weighted by Crippen LogP contribution is -2.05. The van der Waals surface area contributed by atoms with Crippen LogP contribution < -0.4 is 5.32 Å². The third kappa shape index (κ3) is 3.22. The highest BCUT2D eigenvalue weighted by Gasteiger charge is 2.29. The highest BCUT2D eigenvalue weighted by Crippen LogP contribution is 2.29. The van der Waals surface area contributed by atoms with Crippen molar-refractivity contribution in [1.29, 1.82) is 0 Å². The van der Waals surface area contributed by atoms with Crippen LogP contribution in [0, 0.1) is 6.92 Å². The molecule has 2 nitrogen and oxygen atoms in total. The van der Waals surface area contributed by atoms with Crippen LogP contribution in [0.5, 0.6) is 0 Å². The SMILES string of the molecule is Cc1ncc(CNc2ccc(C(F)(F)F)cc2)s1. The molecular formula is C12H11F3N2S. The van der Waals surface area contributed by atoms with Crippen molar-refractivity contribution in [3.8, 4) is 0 Å². The van der Waals surface area contributed by atoms with E-state index in [4.69, 9.17) is 0 Å². The molecule has 0 atom stereocenters. The molecule has 0 saturated heterocycles. The van der Waals surface area contributed by atoms with Gasteiger partial charge < -0.3 is 5.32 Å². The second-order valence-electron chi connectivity index (χ2n) is 3.77. The second kappa shape index (κ2) is 4.97. The first-order chi connectivity index (χ1) is 8.45. The lowest BCUT2D eigenvalue weighted by atomic mass is 10.2. The van der Waals surface area contributed by atoms with Crippen molar-refractivity contribution in [2.24, 2.45) is 0 Å². The molecule has 0 unspecified atom stereocenters. The van der Waals surface area contributed by atoms with Crippen LogP contribution in [-0.2, 0) is 12.7 Å². The number of nitrogens with zero attached hydrogens (tertiary/aromatic N) is 1. The Kier molecular flexibility index (Phi) is 3.56. The number of nitrogens with one attached hydrogen (secondary N) is 1. The molecule has 0 aliphatic heterocycles. The molecule has 0 bridgehead atoms. The fourth-order valence-corrected chi connectivity index (χ4v) is 2.19.